The number of aromatic nitrogens is 1. The van der Waals surface area contributed by atoms with Gasteiger partial charge in [-0.3, -0.25) is 4.79 Å². The first-order chi connectivity index (χ1) is 9.25. The molecule has 0 aromatic carbocycles. The maximum atomic E-state index is 12.6. The standard InChI is InChI=1S/C13H12BrNO3S/c14-13-15-10(9-2-1-5-18-9)12(19-13)11(16)8-3-6-17-7-4-8/h1-2,5,8H,3-4,6-7H2. The zero-order valence-electron chi connectivity index (χ0n) is 10.1. The van der Waals surface area contributed by atoms with Crippen LogP contribution < -0.4 is 0 Å². The number of hydrogen-bond acceptors (Lipinski definition) is 5. The number of furan rings is 1. The number of ether oxygens (including phenoxy) is 1. The number of Topliss-reactive ketones (excluding diaryl/α,β-unsaturated/α-hetero) is 1. The van der Waals surface area contributed by atoms with E-state index in [1.807, 2.05) is 6.07 Å². The summed E-state index contributed by atoms with van der Waals surface area (Å²) in [6.07, 6.45) is 3.16. The van der Waals surface area contributed by atoms with Gasteiger partial charge in [0.25, 0.3) is 0 Å². The summed E-state index contributed by atoms with van der Waals surface area (Å²) in [5.41, 5.74) is 0.637. The Morgan fingerprint density at radius 3 is 2.89 bits per heavy atom. The van der Waals surface area contributed by atoms with E-state index in [0.717, 1.165) is 12.8 Å². The minimum absolute atomic E-state index is 0.0369. The van der Waals surface area contributed by atoms with Gasteiger partial charge in [0, 0.05) is 19.1 Å². The highest BCUT2D eigenvalue weighted by Gasteiger charge is 2.28. The molecule has 0 bridgehead atoms. The Morgan fingerprint density at radius 2 is 2.21 bits per heavy atom. The fourth-order valence-electron chi connectivity index (χ4n) is 2.19. The van der Waals surface area contributed by atoms with E-state index in [0.29, 0.717) is 33.5 Å². The van der Waals surface area contributed by atoms with Crippen LogP contribution in [0.15, 0.2) is 26.7 Å². The molecule has 19 heavy (non-hydrogen) atoms. The van der Waals surface area contributed by atoms with Gasteiger partial charge in [-0.15, -0.1) is 11.3 Å². The smallest absolute Gasteiger partial charge is 0.178 e. The number of carbonyl (C=O) groups excluding carboxylic acids is 1. The van der Waals surface area contributed by atoms with E-state index in [1.54, 1.807) is 12.3 Å². The molecule has 3 rings (SSSR count). The van der Waals surface area contributed by atoms with Crippen molar-refractivity contribution in [1.29, 1.82) is 0 Å². The average molecular weight is 342 g/mol. The van der Waals surface area contributed by atoms with E-state index in [1.165, 1.54) is 11.3 Å². The van der Waals surface area contributed by atoms with E-state index in [9.17, 15) is 4.79 Å². The van der Waals surface area contributed by atoms with Crippen molar-refractivity contribution in [3.05, 3.63) is 27.2 Å². The van der Waals surface area contributed by atoms with Crippen LogP contribution >= 0.6 is 27.3 Å². The van der Waals surface area contributed by atoms with Gasteiger partial charge in [0.05, 0.1) is 6.26 Å². The quantitative estimate of drug-likeness (QED) is 0.797. The molecule has 1 aliphatic rings. The van der Waals surface area contributed by atoms with Crippen LogP contribution in [-0.4, -0.2) is 24.0 Å². The van der Waals surface area contributed by atoms with Gasteiger partial charge in [-0.1, -0.05) is 0 Å². The fraction of sp³-hybridized carbons (Fsp3) is 0.385. The van der Waals surface area contributed by atoms with Crippen molar-refractivity contribution in [1.82, 2.24) is 4.98 Å². The maximum absolute atomic E-state index is 12.6. The molecule has 2 aromatic rings. The van der Waals surface area contributed by atoms with Crippen LogP contribution in [0.25, 0.3) is 11.5 Å². The summed E-state index contributed by atoms with van der Waals surface area (Å²) in [6.45, 7) is 1.32. The number of nitrogens with zero attached hydrogens (tertiary/aromatic N) is 1. The number of halogens is 1. The lowest BCUT2D eigenvalue weighted by Crippen LogP contribution is -2.23. The van der Waals surface area contributed by atoms with E-state index >= 15 is 0 Å². The molecular formula is C13H12BrNO3S. The third kappa shape index (κ3) is 2.66. The van der Waals surface area contributed by atoms with Crippen molar-refractivity contribution in [2.75, 3.05) is 13.2 Å². The Kier molecular flexibility index (Phi) is 3.81. The highest BCUT2D eigenvalue weighted by molar-refractivity contribution is 9.11. The Balaban J connectivity index is 1.93. The van der Waals surface area contributed by atoms with Crippen LogP contribution in [0, 0.1) is 5.92 Å². The second-order valence-electron chi connectivity index (χ2n) is 4.37. The zero-order chi connectivity index (χ0) is 13.2. The summed E-state index contributed by atoms with van der Waals surface area (Å²) in [5.74, 6) is 0.824. The van der Waals surface area contributed by atoms with E-state index in [-0.39, 0.29) is 11.7 Å². The number of rotatable bonds is 3. The van der Waals surface area contributed by atoms with Gasteiger partial charge >= 0.3 is 0 Å². The van der Waals surface area contributed by atoms with Crippen LogP contribution in [0.3, 0.4) is 0 Å². The van der Waals surface area contributed by atoms with Crippen LogP contribution in [-0.2, 0) is 4.74 Å². The van der Waals surface area contributed by atoms with Crippen molar-refractivity contribution >= 4 is 33.0 Å². The van der Waals surface area contributed by atoms with Gasteiger partial charge in [0.2, 0.25) is 0 Å². The lowest BCUT2D eigenvalue weighted by Gasteiger charge is -2.20. The number of thiazole rings is 1. The molecule has 0 saturated carbocycles. The predicted molar refractivity (Wildman–Crippen MR) is 75.4 cm³/mol. The first kappa shape index (κ1) is 13.0. The van der Waals surface area contributed by atoms with Crippen molar-refractivity contribution in [2.24, 2.45) is 5.92 Å². The summed E-state index contributed by atoms with van der Waals surface area (Å²) in [6, 6.07) is 3.62. The lowest BCUT2D eigenvalue weighted by molar-refractivity contribution is 0.0547. The summed E-state index contributed by atoms with van der Waals surface area (Å²) in [5, 5.41) is 0. The molecule has 0 N–H and O–H groups in total. The molecule has 0 radical (unpaired) electrons. The molecule has 3 heterocycles. The summed E-state index contributed by atoms with van der Waals surface area (Å²) in [7, 11) is 0. The Morgan fingerprint density at radius 1 is 1.42 bits per heavy atom. The van der Waals surface area contributed by atoms with Crippen LogP contribution in [0.1, 0.15) is 22.5 Å². The third-order valence-corrected chi connectivity index (χ3v) is 4.69. The summed E-state index contributed by atoms with van der Waals surface area (Å²) < 4.78 is 11.4. The number of hydrogen-bond donors (Lipinski definition) is 0. The molecule has 6 heteroatoms. The van der Waals surface area contributed by atoms with Gasteiger partial charge in [0.15, 0.2) is 15.5 Å². The molecule has 1 saturated heterocycles. The highest BCUT2D eigenvalue weighted by atomic mass is 79.9. The number of ketones is 1. The average Bonchev–Trinajstić information content (AvgIpc) is 3.07. The molecule has 0 atom stereocenters. The zero-order valence-corrected chi connectivity index (χ0v) is 12.5. The van der Waals surface area contributed by atoms with E-state index in [4.69, 9.17) is 9.15 Å². The maximum Gasteiger partial charge on any atom is 0.178 e. The third-order valence-electron chi connectivity index (χ3n) is 3.17. The van der Waals surface area contributed by atoms with Crippen LogP contribution in [0.2, 0.25) is 0 Å². The van der Waals surface area contributed by atoms with Crippen LogP contribution in [0.5, 0.6) is 0 Å². The minimum atomic E-state index is 0.0369. The lowest BCUT2D eigenvalue weighted by atomic mass is 9.94. The predicted octanol–water partition coefficient (Wildman–Crippen LogP) is 3.77. The fourth-order valence-corrected chi connectivity index (χ4v) is 3.66. The second-order valence-corrected chi connectivity index (χ2v) is 6.65. The van der Waals surface area contributed by atoms with E-state index < -0.39 is 0 Å². The molecule has 0 amide bonds. The van der Waals surface area contributed by atoms with Crippen molar-refractivity contribution in [3.8, 4) is 11.5 Å². The summed E-state index contributed by atoms with van der Waals surface area (Å²) in [4.78, 5) is 17.6. The molecule has 4 nitrogen and oxygen atoms in total. The second kappa shape index (κ2) is 5.56. The monoisotopic (exact) mass is 341 g/mol. The Bertz CT molecular complexity index is 573. The van der Waals surface area contributed by atoms with Crippen molar-refractivity contribution in [2.45, 2.75) is 12.8 Å². The molecule has 0 aliphatic carbocycles. The van der Waals surface area contributed by atoms with E-state index in [2.05, 4.69) is 20.9 Å². The van der Waals surface area contributed by atoms with Gasteiger partial charge in [-0.2, -0.15) is 0 Å². The summed E-state index contributed by atoms with van der Waals surface area (Å²) >= 11 is 4.72. The molecule has 2 aromatic heterocycles. The van der Waals surface area contributed by atoms with Gasteiger partial charge in [0.1, 0.15) is 10.6 Å². The molecule has 0 unspecified atom stereocenters. The van der Waals surface area contributed by atoms with Gasteiger partial charge in [-0.25, -0.2) is 4.98 Å². The molecule has 100 valence electrons. The first-order valence-electron chi connectivity index (χ1n) is 6.08. The van der Waals surface area contributed by atoms with Gasteiger partial charge in [-0.05, 0) is 40.9 Å². The first-order valence-corrected chi connectivity index (χ1v) is 7.69. The van der Waals surface area contributed by atoms with Gasteiger partial charge < -0.3 is 9.15 Å². The van der Waals surface area contributed by atoms with Crippen LogP contribution in [0.4, 0.5) is 0 Å². The highest BCUT2D eigenvalue weighted by Crippen LogP contribution is 2.34. The molecule has 1 aliphatic heterocycles. The normalized spacial score (nSPS) is 16.7. The molecule has 0 spiro atoms. The molecule has 1 fully saturated rings. The largest absolute Gasteiger partial charge is 0.463 e. The topological polar surface area (TPSA) is 52.3 Å². The Hall–Kier alpha value is -0.980. The van der Waals surface area contributed by atoms with Crippen molar-refractivity contribution in [3.63, 3.8) is 0 Å². The minimum Gasteiger partial charge on any atom is -0.463 e. The SMILES string of the molecule is O=C(c1sc(Br)nc1-c1ccco1)C1CCOCC1. The number of carbonyl (C=O) groups is 1. The van der Waals surface area contributed by atoms with Crippen molar-refractivity contribution < 1.29 is 13.9 Å². The Labute approximate surface area is 122 Å². The molecular weight excluding hydrogens is 330 g/mol.